The van der Waals surface area contributed by atoms with E-state index in [4.69, 9.17) is 0 Å². The van der Waals surface area contributed by atoms with Gasteiger partial charge in [0.2, 0.25) is 5.91 Å². The van der Waals surface area contributed by atoms with Crippen LogP contribution in [0, 0.1) is 5.92 Å². The first kappa shape index (κ1) is 20.6. The highest BCUT2D eigenvalue weighted by molar-refractivity contribution is 6.06. The van der Waals surface area contributed by atoms with Crippen molar-refractivity contribution in [3.05, 3.63) is 59.7 Å². The Hall–Kier alpha value is -3.15. The summed E-state index contributed by atoms with van der Waals surface area (Å²) in [6.45, 7) is 0. The minimum atomic E-state index is -0.298. The van der Waals surface area contributed by atoms with Gasteiger partial charge in [0.15, 0.2) is 0 Å². The number of hydrogen-bond donors (Lipinski definition) is 2. The van der Waals surface area contributed by atoms with Crippen LogP contribution in [0.4, 0.5) is 11.4 Å². The molecule has 1 saturated carbocycles. The second-order valence-electron chi connectivity index (χ2n) is 7.64. The van der Waals surface area contributed by atoms with Gasteiger partial charge in [-0.1, -0.05) is 31.4 Å². The van der Waals surface area contributed by atoms with Gasteiger partial charge in [0.1, 0.15) is 0 Å². The van der Waals surface area contributed by atoms with E-state index in [-0.39, 0.29) is 23.6 Å². The highest BCUT2D eigenvalue weighted by atomic mass is 16.2. The van der Waals surface area contributed by atoms with E-state index in [2.05, 4.69) is 10.6 Å². The Morgan fingerprint density at radius 2 is 1.41 bits per heavy atom. The topological polar surface area (TPSA) is 78.5 Å². The van der Waals surface area contributed by atoms with Crippen molar-refractivity contribution in [2.24, 2.45) is 5.92 Å². The Kier molecular flexibility index (Phi) is 6.65. The second kappa shape index (κ2) is 9.37. The van der Waals surface area contributed by atoms with Gasteiger partial charge in [0.25, 0.3) is 11.8 Å². The maximum absolute atomic E-state index is 12.6. The quantitative estimate of drug-likeness (QED) is 0.801. The van der Waals surface area contributed by atoms with Gasteiger partial charge in [-0.2, -0.15) is 0 Å². The van der Waals surface area contributed by atoms with Gasteiger partial charge in [-0.3, -0.25) is 14.4 Å². The Labute approximate surface area is 171 Å². The van der Waals surface area contributed by atoms with Gasteiger partial charge in [0, 0.05) is 42.5 Å². The van der Waals surface area contributed by atoms with Gasteiger partial charge in [0.05, 0.1) is 0 Å². The molecular weight excluding hydrogens is 366 g/mol. The summed E-state index contributed by atoms with van der Waals surface area (Å²) >= 11 is 0. The normalized spacial score (nSPS) is 14.1. The first-order chi connectivity index (χ1) is 13.9. The van der Waals surface area contributed by atoms with Gasteiger partial charge in [-0.05, 0) is 49.2 Å². The molecule has 29 heavy (non-hydrogen) atoms. The third-order valence-electron chi connectivity index (χ3n) is 5.14. The van der Waals surface area contributed by atoms with Crippen LogP contribution in [0.25, 0.3) is 0 Å². The molecule has 0 spiro atoms. The number of nitrogens with zero attached hydrogens (tertiary/aromatic N) is 1. The number of benzene rings is 2. The molecule has 1 fully saturated rings. The molecule has 0 radical (unpaired) electrons. The van der Waals surface area contributed by atoms with E-state index in [0.29, 0.717) is 22.5 Å². The summed E-state index contributed by atoms with van der Waals surface area (Å²) in [7, 11) is 3.36. The van der Waals surface area contributed by atoms with Crippen molar-refractivity contribution in [2.45, 2.75) is 32.1 Å². The molecule has 0 aliphatic heterocycles. The largest absolute Gasteiger partial charge is 0.345 e. The number of amides is 3. The Balaban J connectivity index is 1.67. The fourth-order valence-corrected chi connectivity index (χ4v) is 3.54. The predicted octanol–water partition coefficient (Wildman–Crippen LogP) is 4.16. The van der Waals surface area contributed by atoms with E-state index in [1.807, 2.05) is 0 Å². The van der Waals surface area contributed by atoms with Gasteiger partial charge < -0.3 is 15.5 Å². The zero-order valence-corrected chi connectivity index (χ0v) is 16.9. The van der Waals surface area contributed by atoms with E-state index >= 15 is 0 Å². The second-order valence-corrected chi connectivity index (χ2v) is 7.64. The Bertz CT molecular complexity index is 902. The zero-order valence-electron chi connectivity index (χ0n) is 16.9. The molecule has 0 bridgehead atoms. The molecule has 1 aliphatic rings. The lowest BCUT2D eigenvalue weighted by Gasteiger charge is -2.20. The smallest absolute Gasteiger partial charge is 0.255 e. The summed E-state index contributed by atoms with van der Waals surface area (Å²) < 4.78 is 0. The van der Waals surface area contributed by atoms with Gasteiger partial charge in [-0.25, -0.2) is 0 Å². The van der Waals surface area contributed by atoms with Crippen LogP contribution in [0.5, 0.6) is 0 Å². The van der Waals surface area contributed by atoms with E-state index in [9.17, 15) is 14.4 Å². The summed E-state index contributed by atoms with van der Waals surface area (Å²) in [5.74, 6) is -0.350. The van der Waals surface area contributed by atoms with Crippen molar-refractivity contribution >= 4 is 29.1 Å². The predicted molar refractivity (Wildman–Crippen MR) is 114 cm³/mol. The number of nitrogens with one attached hydrogen (secondary N) is 2. The van der Waals surface area contributed by atoms with E-state index in [0.717, 1.165) is 25.7 Å². The molecule has 3 rings (SSSR count). The molecule has 3 amide bonds. The zero-order chi connectivity index (χ0) is 20.8. The summed E-state index contributed by atoms with van der Waals surface area (Å²) in [5.41, 5.74) is 2.10. The first-order valence-electron chi connectivity index (χ1n) is 9.98. The molecule has 0 saturated heterocycles. The SMILES string of the molecule is CN(C)C(=O)c1cccc(NC(=O)c2cccc(NC(=O)C3CCCCC3)c2)c1. The molecule has 2 N–H and O–H groups in total. The van der Waals surface area contributed by atoms with E-state index in [1.54, 1.807) is 62.6 Å². The number of hydrogen-bond acceptors (Lipinski definition) is 3. The van der Waals surface area contributed by atoms with E-state index < -0.39 is 0 Å². The molecule has 2 aromatic rings. The van der Waals surface area contributed by atoms with Crippen LogP contribution in [0.2, 0.25) is 0 Å². The standard InChI is InChI=1S/C23H27N3O3/c1-26(2)23(29)18-11-7-13-20(15-18)25-22(28)17-10-6-12-19(14-17)24-21(27)16-8-4-3-5-9-16/h6-7,10-16H,3-5,8-9H2,1-2H3,(H,24,27)(H,25,28). The minimum absolute atomic E-state index is 0.0251. The highest BCUT2D eigenvalue weighted by Crippen LogP contribution is 2.25. The number of anilines is 2. The third-order valence-corrected chi connectivity index (χ3v) is 5.14. The number of carbonyl (C=O) groups excluding carboxylic acids is 3. The fraction of sp³-hybridized carbons (Fsp3) is 0.348. The third kappa shape index (κ3) is 5.44. The lowest BCUT2D eigenvalue weighted by Crippen LogP contribution is -2.24. The van der Waals surface area contributed by atoms with Crippen LogP contribution < -0.4 is 10.6 Å². The van der Waals surface area contributed by atoms with Crippen molar-refractivity contribution in [1.29, 1.82) is 0 Å². The van der Waals surface area contributed by atoms with Crippen molar-refractivity contribution in [3.8, 4) is 0 Å². The average molecular weight is 393 g/mol. The van der Waals surface area contributed by atoms with Gasteiger partial charge in [-0.15, -0.1) is 0 Å². The molecule has 6 heteroatoms. The first-order valence-corrected chi connectivity index (χ1v) is 9.98. The van der Waals surface area contributed by atoms with Crippen LogP contribution in [0.1, 0.15) is 52.8 Å². The summed E-state index contributed by atoms with van der Waals surface area (Å²) in [4.78, 5) is 38.7. The summed E-state index contributed by atoms with van der Waals surface area (Å²) in [6, 6.07) is 13.7. The van der Waals surface area contributed by atoms with Crippen molar-refractivity contribution in [1.82, 2.24) is 4.90 Å². The van der Waals surface area contributed by atoms with Crippen molar-refractivity contribution in [2.75, 3.05) is 24.7 Å². The van der Waals surface area contributed by atoms with Crippen molar-refractivity contribution in [3.63, 3.8) is 0 Å². The lowest BCUT2D eigenvalue weighted by atomic mass is 9.88. The molecule has 1 aliphatic carbocycles. The monoisotopic (exact) mass is 393 g/mol. The van der Waals surface area contributed by atoms with Crippen LogP contribution in [0.3, 0.4) is 0 Å². The Morgan fingerprint density at radius 3 is 2.07 bits per heavy atom. The average Bonchev–Trinajstić information content (AvgIpc) is 2.74. The number of rotatable bonds is 5. The molecule has 152 valence electrons. The molecule has 0 aromatic heterocycles. The molecule has 0 heterocycles. The fourth-order valence-electron chi connectivity index (χ4n) is 3.54. The number of carbonyl (C=O) groups is 3. The molecule has 0 atom stereocenters. The van der Waals surface area contributed by atoms with Crippen LogP contribution in [-0.2, 0) is 4.79 Å². The van der Waals surface area contributed by atoms with E-state index in [1.165, 1.54) is 11.3 Å². The minimum Gasteiger partial charge on any atom is -0.345 e. The maximum atomic E-state index is 12.6. The summed E-state index contributed by atoms with van der Waals surface area (Å²) in [5, 5.41) is 5.75. The Morgan fingerprint density at radius 1 is 0.828 bits per heavy atom. The highest BCUT2D eigenvalue weighted by Gasteiger charge is 2.21. The van der Waals surface area contributed by atoms with Crippen LogP contribution >= 0.6 is 0 Å². The van der Waals surface area contributed by atoms with Crippen LogP contribution in [0.15, 0.2) is 48.5 Å². The van der Waals surface area contributed by atoms with Gasteiger partial charge >= 0.3 is 0 Å². The molecule has 0 unspecified atom stereocenters. The lowest BCUT2D eigenvalue weighted by molar-refractivity contribution is -0.120. The maximum Gasteiger partial charge on any atom is 0.255 e. The molecule has 2 aromatic carbocycles. The van der Waals surface area contributed by atoms with Crippen molar-refractivity contribution < 1.29 is 14.4 Å². The summed E-state index contributed by atoms with van der Waals surface area (Å²) in [6.07, 6.45) is 5.23. The van der Waals surface area contributed by atoms with Crippen LogP contribution in [-0.4, -0.2) is 36.7 Å². The molecular formula is C23H27N3O3. The molecule has 6 nitrogen and oxygen atoms in total.